The maximum absolute atomic E-state index is 5.72. The van der Waals surface area contributed by atoms with Gasteiger partial charge in [0.2, 0.25) is 0 Å². The Balaban J connectivity index is 1.38. The van der Waals surface area contributed by atoms with Crippen LogP contribution in [-0.4, -0.2) is 26.1 Å². The summed E-state index contributed by atoms with van der Waals surface area (Å²) in [7, 11) is 0. The topological polar surface area (TPSA) is 27.7 Å². The van der Waals surface area contributed by atoms with Gasteiger partial charge in [-0.2, -0.15) is 0 Å². The van der Waals surface area contributed by atoms with Gasteiger partial charge in [0.25, 0.3) is 0 Å². The third-order valence-electron chi connectivity index (χ3n) is 3.78. The van der Waals surface area contributed by atoms with Crippen LogP contribution < -0.4 is 0 Å². The van der Waals surface area contributed by atoms with Gasteiger partial charge < -0.3 is 14.2 Å². The Morgan fingerprint density at radius 2 is 1.95 bits per heavy atom. The number of benzene rings is 1. The molecule has 1 fully saturated rings. The molecule has 1 heterocycles. The van der Waals surface area contributed by atoms with Crippen molar-refractivity contribution in [3.05, 3.63) is 34.3 Å². The van der Waals surface area contributed by atoms with Crippen molar-refractivity contribution in [2.45, 2.75) is 57.8 Å². The molecule has 0 saturated carbocycles. The molecule has 1 saturated heterocycles. The first kappa shape index (κ1) is 17.9. The van der Waals surface area contributed by atoms with Crippen LogP contribution in [0.5, 0.6) is 0 Å². The lowest BCUT2D eigenvalue weighted by atomic mass is 10.2. The molecule has 1 aliphatic rings. The minimum atomic E-state index is 0.0577. The lowest BCUT2D eigenvalue weighted by Gasteiger charge is -2.22. The summed E-state index contributed by atoms with van der Waals surface area (Å²) in [5.41, 5.74) is 1.22. The quantitative estimate of drug-likeness (QED) is 0.538. The number of halogens is 1. The number of rotatable bonds is 10. The second-order valence-electron chi connectivity index (χ2n) is 5.76. The molecule has 0 N–H and O–H groups in total. The minimum Gasteiger partial charge on any atom is -0.377 e. The van der Waals surface area contributed by atoms with Gasteiger partial charge in [-0.3, -0.25) is 0 Å². The molecule has 1 aromatic rings. The van der Waals surface area contributed by atoms with Crippen molar-refractivity contribution in [3.63, 3.8) is 0 Å². The molecule has 0 aromatic heterocycles. The Hall–Kier alpha value is -0.420. The van der Waals surface area contributed by atoms with Gasteiger partial charge in [-0.1, -0.05) is 40.9 Å². The van der Waals surface area contributed by atoms with E-state index in [-0.39, 0.29) is 6.29 Å². The number of hydrogen-bond donors (Lipinski definition) is 0. The third kappa shape index (κ3) is 7.73. The first-order chi connectivity index (χ1) is 10.8. The summed E-state index contributed by atoms with van der Waals surface area (Å²) in [5.74, 6) is 0. The first-order valence-electron chi connectivity index (χ1n) is 8.40. The predicted octanol–water partition coefficient (Wildman–Crippen LogP) is 5.07. The SMILES string of the molecule is Brc1cccc(COCCCCCCOC2CCCCO2)c1. The second-order valence-corrected chi connectivity index (χ2v) is 6.68. The highest BCUT2D eigenvalue weighted by molar-refractivity contribution is 9.10. The van der Waals surface area contributed by atoms with Crippen molar-refractivity contribution in [1.29, 1.82) is 0 Å². The van der Waals surface area contributed by atoms with E-state index in [9.17, 15) is 0 Å². The summed E-state index contributed by atoms with van der Waals surface area (Å²) in [5, 5.41) is 0. The molecule has 0 radical (unpaired) electrons. The monoisotopic (exact) mass is 370 g/mol. The van der Waals surface area contributed by atoms with Gasteiger partial charge in [0.15, 0.2) is 6.29 Å². The van der Waals surface area contributed by atoms with Crippen molar-refractivity contribution < 1.29 is 14.2 Å². The lowest BCUT2D eigenvalue weighted by molar-refractivity contribution is -0.162. The standard InChI is InChI=1S/C18H27BrO3/c19-17-9-7-8-16(14-17)15-20-11-4-1-2-5-12-21-18-10-3-6-13-22-18/h7-9,14,18H,1-6,10-13,15H2. The fraction of sp³-hybridized carbons (Fsp3) is 0.667. The fourth-order valence-corrected chi connectivity index (χ4v) is 2.98. The summed E-state index contributed by atoms with van der Waals surface area (Å²) < 4.78 is 18.1. The smallest absolute Gasteiger partial charge is 0.157 e. The molecule has 0 bridgehead atoms. The zero-order valence-corrected chi connectivity index (χ0v) is 14.9. The number of ether oxygens (including phenoxy) is 3. The van der Waals surface area contributed by atoms with Crippen molar-refractivity contribution >= 4 is 15.9 Å². The molecule has 0 amide bonds. The van der Waals surface area contributed by atoms with Crippen molar-refractivity contribution in [3.8, 4) is 0 Å². The molecule has 3 nitrogen and oxygen atoms in total. The molecule has 124 valence electrons. The van der Waals surface area contributed by atoms with Gasteiger partial charge in [0.05, 0.1) is 6.61 Å². The largest absolute Gasteiger partial charge is 0.377 e. The van der Waals surface area contributed by atoms with Gasteiger partial charge in [-0.05, 0) is 49.8 Å². The molecule has 22 heavy (non-hydrogen) atoms. The van der Waals surface area contributed by atoms with Gasteiger partial charge in [-0.15, -0.1) is 0 Å². The van der Waals surface area contributed by atoms with Crippen LogP contribution in [-0.2, 0) is 20.8 Å². The van der Waals surface area contributed by atoms with Crippen LogP contribution in [0.4, 0.5) is 0 Å². The third-order valence-corrected chi connectivity index (χ3v) is 4.28. The summed E-state index contributed by atoms with van der Waals surface area (Å²) >= 11 is 3.47. The molecule has 1 aromatic carbocycles. The fourth-order valence-electron chi connectivity index (χ4n) is 2.53. The lowest BCUT2D eigenvalue weighted by Crippen LogP contribution is -2.22. The molecule has 0 aliphatic carbocycles. The highest BCUT2D eigenvalue weighted by Gasteiger charge is 2.13. The summed E-state index contributed by atoms with van der Waals surface area (Å²) in [6, 6.07) is 8.27. The van der Waals surface area contributed by atoms with E-state index >= 15 is 0 Å². The first-order valence-corrected chi connectivity index (χ1v) is 9.19. The Morgan fingerprint density at radius 3 is 2.73 bits per heavy atom. The molecule has 1 aliphatic heterocycles. The minimum absolute atomic E-state index is 0.0577. The van der Waals surface area contributed by atoms with Crippen LogP contribution in [0, 0.1) is 0 Å². The Morgan fingerprint density at radius 1 is 1.09 bits per heavy atom. The molecule has 2 rings (SSSR count). The maximum Gasteiger partial charge on any atom is 0.157 e. The Kier molecular flexibility index (Phi) is 9.10. The summed E-state index contributed by atoms with van der Waals surface area (Å²) in [4.78, 5) is 0. The van der Waals surface area contributed by atoms with Crippen LogP contribution in [0.2, 0.25) is 0 Å². The van der Waals surface area contributed by atoms with Crippen LogP contribution in [0.15, 0.2) is 28.7 Å². The highest BCUT2D eigenvalue weighted by atomic mass is 79.9. The average Bonchev–Trinajstić information content (AvgIpc) is 2.54. The normalized spacial score (nSPS) is 18.5. The zero-order chi connectivity index (χ0) is 15.5. The molecular formula is C18H27BrO3. The van der Waals surface area contributed by atoms with E-state index in [2.05, 4.69) is 28.1 Å². The number of hydrogen-bond acceptors (Lipinski definition) is 3. The summed E-state index contributed by atoms with van der Waals surface area (Å²) in [6.07, 6.45) is 8.17. The molecule has 0 spiro atoms. The van der Waals surface area contributed by atoms with Crippen LogP contribution in [0.3, 0.4) is 0 Å². The van der Waals surface area contributed by atoms with Crippen molar-refractivity contribution in [2.24, 2.45) is 0 Å². The summed E-state index contributed by atoms with van der Waals surface area (Å²) in [6.45, 7) is 3.21. The Labute approximate surface area is 142 Å². The van der Waals surface area contributed by atoms with Gasteiger partial charge in [0.1, 0.15) is 0 Å². The van der Waals surface area contributed by atoms with E-state index in [1.165, 1.54) is 31.2 Å². The van der Waals surface area contributed by atoms with Crippen molar-refractivity contribution in [2.75, 3.05) is 19.8 Å². The van der Waals surface area contributed by atoms with E-state index in [0.717, 1.165) is 43.6 Å². The Bertz CT molecular complexity index is 405. The zero-order valence-electron chi connectivity index (χ0n) is 13.3. The van der Waals surface area contributed by atoms with Gasteiger partial charge in [0, 0.05) is 24.3 Å². The number of unbranched alkanes of at least 4 members (excludes halogenated alkanes) is 3. The predicted molar refractivity (Wildman–Crippen MR) is 91.8 cm³/mol. The average molecular weight is 371 g/mol. The van der Waals surface area contributed by atoms with Crippen LogP contribution >= 0.6 is 15.9 Å². The van der Waals surface area contributed by atoms with E-state index in [1.54, 1.807) is 0 Å². The van der Waals surface area contributed by atoms with Gasteiger partial charge >= 0.3 is 0 Å². The van der Waals surface area contributed by atoms with Crippen molar-refractivity contribution in [1.82, 2.24) is 0 Å². The molecule has 4 heteroatoms. The molecular weight excluding hydrogens is 344 g/mol. The van der Waals surface area contributed by atoms with Crippen LogP contribution in [0.1, 0.15) is 50.5 Å². The highest BCUT2D eigenvalue weighted by Crippen LogP contribution is 2.15. The maximum atomic E-state index is 5.72. The van der Waals surface area contributed by atoms with Crippen LogP contribution in [0.25, 0.3) is 0 Å². The molecule has 1 atom stereocenters. The van der Waals surface area contributed by atoms with E-state index in [4.69, 9.17) is 14.2 Å². The second kappa shape index (κ2) is 11.2. The van der Waals surface area contributed by atoms with E-state index < -0.39 is 0 Å². The van der Waals surface area contributed by atoms with Gasteiger partial charge in [-0.25, -0.2) is 0 Å². The van der Waals surface area contributed by atoms with E-state index in [1.807, 2.05) is 12.1 Å². The van der Waals surface area contributed by atoms with E-state index in [0.29, 0.717) is 6.61 Å². The molecule has 1 unspecified atom stereocenters.